The van der Waals surface area contributed by atoms with E-state index >= 15 is 0 Å². The molecule has 2 fully saturated rings. The van der Waals surface area contributed by atoms with Crippen LogP contribution in [0.1, 0.15) is 85.8 Å². The maximum atomic E-state index is 14.6. The molecule has 0 radical (unpaired) electrons. The molecule has 0 aromatic heterocycles. The molecular weight excluding hydrogens is 831 g/mol. The molecule has 0 amide bonds. The average molecular weight is 896 g/mol. The summed E-state index contributed by atoms with van der Waals surface area (Å²) in [5, 5.41) is 44.5. The predicted octanol–water partition coefficient (Wildman–Crippen LogP) is 6.02. The maximum Gasteiger partial charge on any atom is 0.310 e. The van der Waals surface area contributed by atoms with Gasteiger partial charge in [0.15, 0.2) is 17.9 Å². The number of nitrogens with zero attached hydrogens (tertiary/aromatic N) is 3. The van der Waals surface area contributed by atoms with Gasteiger partial charge in [-0.1, -0.05) is 46.8 Å². The smallest absolute Gasteiger partial charge is 0.310 e. The molecule has 4 rings (SSSR count). The first kappa shape index (κ1) is 51.8. The monoisotopic (exact) mass is 895 g/mol. The normalized spacial score (nSPS) is 35.7. The molecule has 0 bridgehead atoms. The van der Waals surface area contributed by atoms with Gasteiger partial charge in [0.2, 0.25) is 0 Å². The molecule has 2 aliphatic rings. The van der Waals surface area contributed by atoms with Gasteiger partial charge < -0.3 is 43.9 Å². The van der Waals surface area contributed by atoms with Crippen LogP contribution in [0.15, 0.2) is 46.6 Å². The molecule has 2 aliphatic heterocycles. The number of rotatable bonds is 11. The fourth-order valence-electron chi connectivity index (χ4n) is 8.97. The van der Waals surface area contributed by atoms with Gasteiger partial charge in [-0.2, -0.15) is 10.2 Å². The zero-order chi connectivity index (χ0) is 47.1. The van der Waals surface area contributed by atoms with Crippen LogP contribution >= 0.6 is 0 Å². The van der Waals surface area contributed by atoms with Crippen LogP contribution in [0.25, 0.3) is 0 Å². The number of ether oxygens (including phenoxy) is 5. The predicted molar refractivity (Wildman–Crippen MR) is 227 cm³/mol. The number of cyclic esters (lactones) is 1. The van der Waals surface area contributed by atoms with E-state index in [9.17, 15) is 42.5 Å². The molecule has 14 atom stereocenters. The highest BCUT2D eigenvalue weighted by molar-refractivity contribution is 5.90. The fraction of sp³-hybridized carbons (Fsp3) is 0.652. The molecule has 2 heterocycles. The maximum absolute atomic E-state index is 14.6. The van der Waals surface area contributed by atoms with Crippen LogP contribution in [0.3, 0.4) is 0 Å². The second-order valence-corrected chi connectivity index (χ2v) is 17.9. The van der Waals surface area contributed by atoms with Gasteiger partial charge in [0, 0.05) is 42.3 Å². The third-order valence-corrected chi connectivity index (χ3v) is 12.9. The van der Waals surface area contributed by atoms with Gasteiger partial charge in [-0.05, 0) is 89.7 Å². The quantitative estimate of drug-likeness (QED) is 0.0794. The molecular formula is C46H65F4N3O10. The van der Waals surface area contributed by atoms with Crippen LogP contribution in [-0.4, -0.2) is 126 Å². The Bertz CT molecular complexity index is 1920. The summed E-state index contributed by atoms with van der Waals surface area (Å²) >= 11 is 0. The molecule has 0 spiro atoms. The lowest BCUT2D eigenvalue weighted by Gasteiger charge is -2.49. The van der Waals surface area contributed by atoms with Gasteiger partial charge in [-0.15, -0.1) is 0 Å². The van der Waals surface area contributed by atoms with Crippen molar-refractivity contribution in [2.24, 2.45) is 39.8 Å². The van der Waals surface area contributed by atoms with Crippen LogP contribution in [0.4, 0.5) is 17.6 Å². The third kappa shape index (κ3) is 12.5. The summed E-state index contributed by atoms with van der Waals surface area (Å²) in [7, 11) is 5.12. The van der Waals surface area contributed by atoms with Crippen molar-refractivity contribution in [3.05, 3.63) is 70.8 Å². The fourth-order valence-corrected chi connectivity index (χ4v) is 8.97. The van der Waals surface area contributed by atoms with Crippen molar-refractivity contribution in [3.8, 4) is 0 Å². The first-order valence-corrected chi connectivity index (χ1v) is 21.4. The van der Waals surface area contributed by atoms with Crippen LogP contribution in [0.2, 0.25) is 0 Å². The lowest BCUT2D eigenvalue weighted by molar-refractivity contribution is -0.300. The number of carbonyl (C=O) groups is 2. The molecule has 3 N–H and O–H groups in total. The number of methoxy groups -OCH3 is 1. The summed E-state index contributed by atoms with van der Waals surface area (Å²) in [6, 6.07) is 6.11. The number of halogens is 4. The number of aliphatic hydroxyl groups excluding tert-OH is 2. The van der Waals surface area contributed by atoms with Gasteiger partial charge in [-0.3, -0.25) is 9.59 Å². The summed E-state index contributed by atoms with van der Waals surface area (Å²) in [5.74, 6) is -10.6. The Morgan fingerprint density at radius 2 is 1.62 bits per heavy atom. The molecule has 63 heavy (non-hydrogen) atoms. The number of hydrogen-bond acceptors (Lipinski definition) is 13. The lowest BCUT2D eigenvalue weighted by atomic mass is 9.71. The highest BCUT2D eigenvalue weighted by Crippen LogP contribution is 2.41. The number of esters is 2. The van der Waals surface area contributed by atoms with Gasteiger partial charge in [-0.25, -0.2) is 17.6 Å². The van der Waals surface area contributed by atoms with E-state index in [1.807, 2.05) is 32.8 Å². The van der Waals surface area contributed by atoms with Gasteiger partial charge in [0.05, 0.1) is 49.1 Å². The van der Waals surface area contributed by atoms with E-state index < -0.39 is 125 Å². The largest absolute Gasteiger partial charge is 0.465 e. The summed E-state index contributed by atoms with van der Waals surface area (Å²) < 4.78 is 87.1. The number of benzene rings is 2. The zero-order valence-electron chi connectivity index (χ0n) is 38.1. The summed E-state index contributed by atoms with van der Waals surface area (Å²) in [4.78, 5) is 29.5. The molecule has 17 heteroatoms. The first-order valence-electron chi connectivity index (χ1n) is 21.4. The zero-order valence-corrected chi connectivity index (χ0v) is 38.1. The average Bonchev–Trinajstić information content (AvgIpc) is 3.22. The number of aliphatic hydroxyl groups is 3. The van der Waals surface area contributed by atoms with Crippen molar-refractivity contribution in [3.63, 3.8) is 0 Å². The summed E-state index contributed by atoms with van der Waals surface area (Å²) in [6.07, 6.45) is -5.29. The van der Waals surface area contributed by atoms with Gasteiger partial charge in [0.25, 0.3) is 0 Å². The SMILES string of the molecule is CCC1OC(=O)C(C)C(COC(=O)Cc2cc(F)c(F)cc2F)C(C)C(OC2OC(C)CC(N(C)C)C2O)C(C)(OC)CC(C)C(=NN=Cc2ccc(F)cc2)C(C)C(O)C1(C)O. The van der Waals surface area contributed by atoms with E-state index in [0.717, 1.165) is 0 Å². The number of hydrogen-bond donors (Lipinski definition) is 3. The summed E-state index contributed by atoms with van der Waals surface area (Å²) in [6.45, 7) is 13.0. The van der Waals surface area contributed by atoms with Crippen LogP contribution in [0.5, 0.6) is 0 Å². The molecule has 2 aromatic rings. The van der Waals surface area contributed by atoms with E-state index in [4.69, 9.17) is 23.7 Å². The minimum Gasteiger partial charge on any atom is -0.465 e. The van der Waals surface area contributed by atoms with E-state index in [-0.39, 0.29) is 25.0 Å². The van der Waals surface area contributed by atoms with E-state index in [1.54, 1.807) is 34.6 Å². The van der Waals surface area contributed by atoms with Crippen molar-refractivity contribution < 1.29 is 66.2 Å². The first-order chi connectivity index (χ1) is 29.4. The Hall–Kier alpha value is -3.84. The summed E-state index contributed by atoms with van der Waals surface area (Å²) in [5.41, 5.74) is -2.96. The third-order valence-electron chi connectivity index (χ3n) is 12.9. The van der Waals surface area contributed by atoms with Crippen molar-refractivity contribution in [2.45, 2.75) is 135 Å². The molecule has 352 valence electrons. The van der Waals surface area contributed by atoms with E-state index in [2.05, 4.69) is 10.2 Å². The Labute approximate surface area is 367 Å². The Balaban J connectivity index is 1.87. The Morgan fingerprint density at radius 3 is 2.22 bits per heavy atom. The molecule has 14 unspecified atom stereocenters. The highest BCUT2D eigenvalue weighted by atomic mass is 19.2. The Morgan fingerprint density at radius 1 is 0.984 bits per heavy atom. The molecule has 0 saturated carbocycles. The lowest BCUT2D eigenvalue weighted by Crippen LogP contribution is -2.60. The molecule has 2 saturated heterocycles. The van der Waals surface area contributed by atoms with Crippen LogP contribution in [-0.2, 0) is 39.7 Å². The van der Waals surface area contributed by atoms with E-state index in [0.29, 0.717) is 29.8 Å². The van der Waals surface area contributed by atoms with Gasteiger partial charge in [0.1, 0.15) is 29.4 Å². The number of likely N-dealkylation sites (N-methyl/N-ethyl adjacent to an activating group) is 1. The standard InChI is InChI=1S/C46H65F4N3O10/c1-12-37-46(8,58)41(56)28(6)39(52-51-22-29-13-15-31(47)16-14-29)24(2)21-45(7,59-11)42(63-44-40(55)36(53(9)10)17-25(3)61-44)26(4)32(27(5)43(57)62-37)23-60-38(54)19-30-18-34(49)35(50)20-33(30)48/h13-16,18,20,22,24-28,32,36-37,40-42,44,55-56,58H,12,17,19,21,23H2,1-11H3. The second kappa shape index (κ2) is 21.9. The minimum atomic E-state index is -2.04. The highest BCUT2D eigenvalue weighted by Gasteiger charge is 2.52. The van der Waals surface area contributed by atoms with Crippen molar-refractivity contribution in [1.82, 2.24) is 4.90 Å². The Kier molecular flexibility index (Phi) is 18.0. The second-order valence-electron chi connectivity index (χ2n) is 17.9. The van der Waals surface area contributed by atoms with Crippen LogP contribution < -0.4 is 0 Å². The van der Waals surface area contributed by atoms with Crippen molar-refractivity contribution in [1.29, 1.82) is 0 Å². The van der Waals surface area contributed by atoms with Crippen LogP contribution in [0, 0.1) is 52.9 Å². The minimum absolute atomic E-state index is 0.0740. The number of carbonyl (C=O) groups excluding carboxylic acids is 2. The van der Waals surface area contributed by atoms with E-state index in [1.165, 1.54) is 44.5 Å². The molecule has 13 nitrogen and oxygen atoms in total. The van der Waals surface area contributed by atoms with Gasteiger partial charge >= 0.3 is 11.9 Å². The topological polar surface area (TPSA) is 169 Å². The van der Waals surface area contributed by atoms with Crippen molar-refractivity contribution >= 4 is 23.9 Å². The molecule has 0 aliphatic carbocycles. The van der Waals surface area contributed by atoms with Crippen molar-refractivity contribution in [2.75, 3.05) is 27.8 Å². The molecule has 2 aromatic carbocycles.